The molecule has 0 aliphatic carbocycles. The summed E-state index contributed by atoms with van der Waals surface area (Å²) in [6.07, 6.45) is 2.86. The van der Waals surface area contributed by atoms with Crippen molar-refractivity contribution in [2.45, 2.75) is 26.8 Å². The maximum absolute atomic E-state index is 12.5. The average molecular weight is 264 g/mol. The van der Waals surface area contributed by atoms with Gasteiger partial charge in [0.05, 0.1) is 5.69 Å². The first-order chi connectivity index (χ1) is 9.15. The van der Waals surface area contributed by atoms with Crippen LogP contribution in [-0.4, -0.2) is 53.0 Å². The van der Waals surface area contributed by atoms with Gasteiger partial charge < -0.3 is 20.1 Å². The molecular weight excluding hydrogens is 240 g/mol. The maximum Gasteiger partial charge on any atom is 0.270 e. The summed E-state index contributed by atoms with van der Waals surface area (Å²) in [4.78, 5) is 16.8. The third-order valence-corrected chi connectivity index (χ3v) is 3.71. The molecule has 0 bridgehead atoms. The number of hydrogen-bond acceptors (Lipinski definition) is 3. The quantitative estimate of drug-likeness (QED) is 0.890. The lowest BCUT2D eigenvalue weighted by atomic mass is 10.2. The van der Waals surface area contributed by atoms with Crippen molar-refractivity contribution in [2.75, 3.05) is 38.5 Å². The van der Waals surface area contributed by atoms with Gasteiger partial charge in [0, 0.05) is 38.9 Å². The van der Waals surface area contributed by atoms with Crippen LogP contribution in [0.15, 0.2) is 12.3 Å². The minimum atomic E-state index is 0.112. The Morgan fingerprint density at radius 2 is 1.95 bits per heavy atom. The van der Waals surface area contributed by atoms with E-state index >= 15 is 0 Å². The first kappa shape index (κ1) is 13.9. The van der Waals surface area contributed by atoms with E-state index in [0.717, 1.165) is 51.4 Å². The summed E-state index contributed by atoms with van der Waals surface area (Å²) in [5, 5.41) is 0. The van der Waals surface area contributed by atoms with Crippen LogP contribution in [0.1, 0.15) is 30.8 Å². The fourth-order valence-corrected chi connectivity index (χ4v) is 2.57. The Morgan fingerprint density at radius 3 is 2.53 bits per heavy atom. The van der Waals surface area contributed by atoms with Crippen molar-refractivity contribution >= 4 is 11.6 Å². The van der Waals surface area contributed by atoms with Crippen molar-refractivity contribution in [2.24, 2.45) is 0 Å². The van der Waals surface area contributed by atoms with E-state index in [9.17, 15) is 4.79 Å². The van der Waals surface area contributed by atoms with Crippen molar-refractivity contribution < 1.29 is 4.79 Å². The highest BCUT2D eigenvalue weighted by molar-refractivity contribution is 5.94. The summed E-state index contributed by atoms with van der Waals surface area (Å²) < 4.78 is 1.98. The Balaban J connectivity index is 2.07. The molecule has 1 aromatic rings. The largest absolute Gasteiger partial charge is 0.397 e. The SMILES string of the molecule is CCCn1cc(N)cc1C(=O)N1CCN(CC)CC1. The zero-order chi connectivity index (χ0) is 13.8. The number of nitrogen functional groups attached to an aromatic ring is 1. The summed E-state index contributed by atoms with van der Waals surface area (Å²) >= 11 is 0. The number of anilines is 1. The van der Waals surface area contributed by atoms with Crippen LogP contribution in [0.2, 0.25) is 0 Å². The van der Waals surface area contributed by atoms with Gasteiger partial charge in [0.25, 0.3) is 5.91 Å². The number of amides is 1. The van der Waals surface area contributed by atoms with Crippen LogP contribution < -0.4 is 5.73 Å². The van der Waals surface area contributed by atoms with Crippen LogP contribution in [0.5, 0.6) is 0 Å². The van der Waals surface area contributed by atoms with E-state index in [4.69, 9.17) is 5.73 Å². The van der Waals surface area contributed by atoms with Crippen LogP contribution >= 0.6 is 0 Å². The molecule has 2 N–H and O–H groups in total. The predicted octanol–water partition coefficient (Wildman–Crippen LogP) is 1.26. The van der Waals surface area contributed by atoms with Crippen LogP contribution in [-0.2, 0) is 6.54 Å². The number of nitrogens with two attached hydrogens (primary N) is 1. The van der Waals surface area contributed by atoms with E-state index in [0.29, 0.717) is 5.69 Å². The molecule has 0 unspecified atom stereocenters. The molecule has 0 aromatic carbocycles. The second-order valence-electron chi connectivity index (χ2n) is 5.08. The second-order valence-corrected chi connectivity index (χ2v) is 5.08. The molecule has 1 fully saturated rings. The van der Waals surface area contributed by atoms with Gasteiger partial charge in [0.15, 0.2) is 0 Å². The zero-order valence-electron chi connectivity index (χ0n) is 11.9. The Kier molecular flexibility index (Phi) is 4.47. The predicted molar refractivity (Wildman–Crippen MR) is 77.2 cm³/mol. The maximum atomic E-state index is 12.5. The zero-order valence-corrected chi connectivity index (χ0v) is 11.9. The molecule has 5 heteroatoms. The smallest absolute Gasteiger partial charge is 0.270 e. The molecule has 2 heterocycles. The standard InChI is InChI=1S/C14H24N4O/c1-3-5-18-11-12(15)10-13(18)14(19)17-8-6-16(4-2)7-9-17/h10-11H,3-9,15H2,1-2H3. The summed E-state index contributed by atoms with van der Waals surface area (Å²) in [5.74, 6) is 0.112. The minimum absolute atomic E-state index is 0.112. The fraction of sp³-hybridized carbons (Fsp3) is 0.643. The number of carbonyl (C=O) groups excluding carboxylic acids is 1. The molecule has 0 radical (unpaired) electrons. The van der Waals surface area contributed by atoms with Gasteiger partial charge in [-0.15, -0.1) is 0 Å². The summed E-state index contributed by atoms with van der Waals surface area (Å²) in [6, 6.07) is 1.80. The molecule has 0 atom stereocenters. The number of likely N-dealkylation sites (N-methyl/N-ethyl adjacent to an activating group) is 1. The number of hydrogen-bond donors (Lipinski definition) is 1. The number of rotatable bonds is 4. The lowest BCUT2D eigenvalue weighted by Gasteiger charge is -2.34. The van der Waals surface area contributed by atoms with E-state index in [1.807, 2.05) is 15.7 Å². The second kappa shape index (κ2) is 6.10. The Bertz CT molecular complexity index is 433. The first-order valence-electron chi connectivity index (χ1n) is 7.13. The lowest BCUT2D eigenvalue weighted by molar-refractivity contribution is 0.0632. The molecule has 2 rings (SSSR count). The molecule has 1 aliphatic rings. The molecule has 0 spiro atoms. The van der Waals surface area contributed by atoms with E-state index in [2.05, 4.69) is 18.7 Å². The van der Waals surface area contributed by atoms with Gasteiger partial charge in [0.2, 0.25) is 0 Å². The Morgan fingerprint density at radius 1 is 1.26 bits per heavy atom. The van der Waals surface area contributed by atoms with Gasteiger partial charge in [-0.3, -0.25) is 4.79 Å². The van der Waals surface area contributed by atoms with Crippen molar-refractivity contribution in [3.63, 3.8) is 0 Å². The summed E-state index contributed by atoms with van der Waals surface area (Å²) in [7, 11) is 0. The van der Waals surface area contributed by atoms with Crippen LogP contribution in [0, 0.1) is 0 Å². The van der Waals surface area contributed by atoms with Gasteiger partial charge in [-0.25, -0.2) is 0 Å². The Labute approximate surface area is 115 Å². The summed E-state index contributed by atoms with van der Waals surface area (Å²) in [6.45, 7) is 9.70. The van der Waals surface area contributed by atoms with Gasteiger partial charge in [-0.2, -0.15) is 0 Å². The third-order valence-electron chi connectivity index (χ3n) is 3.71. The molecule has 0 saturated carbocycles. The molecule has 1 aliphatic heterocycles. The van der Waals surface area contributed by atoms with E-state index in [1.54, 1.807) is 6.07 Å². The van der Waals surface area contributed by atoms with Gasteiger partial charge in [-0.1, -0.05) is 13.8 Å². The number of aryl methyl sites for hydroxylation is 1. The average Bonchev–Trinajstić information content (AvgIpc) is 2.79. The van der Waals surface area contributed by atoms with Crippen LogP contribution in [0.4, 0.5) is 5.69 Å². The van der Waals surface area contributed by atoms with Crippen molar-refractivity contribution in [3.8, 4) is 0 Å². The van der Waals surface area contributed by atoms with Crippen molar-refractivity contribution in [1.82, 2.24) is 14.4 Å². The topological polar surface area (TPSA) is 54.5 Å². The first-order valence-corrected chi connectivity index (χ1v) is 7.13. The van der Waals surface area contributed by atoms with Crippen molar-refractivity contribution in [1.29, 1.82) is 0 Å². The van der Waals surface area contributed by atoms with Gasteiger partial charge in [0.1, 0.15) is 5.69 Å². The fourth-order valence-electron chi connectivity index (χ4n) is 2.57. The van der Waals surface area contributed by atoms with Crippen molar-refractivity contribution in [3.05, 3.63) is 18.0 Å². The number of aromatic nitrogens is 1. The molecule has 1 aromatic heterocycles. The third kappa shape index (κ3) is 3.10. The van der Waals surface area contributed by atoms with Gasteiger partial charge in [-0.05, 0) is 19.0 Å². The van der Waals surface area contributed by atoms with E-state index < -0.39 is 0 Å². The monoisotopic (exact) mass is 264 g/mol. The minimum Gasteiger partial charge on any atom is -0.397 e. The molecule has 106 valence electrons. The molecule has 1 saturated heterocycles. The highest BCUT2D eigenvalue weighted by Crippen LogP contribution is 2.15. The molecule has 5 nitrogen and oxygen atoms in total. The number of nitrogens with zero attached hydrogens (tertiary/aromatic N) is 3. The van der Waals surface area contributed by atoms with Crippen LogP contribution in [0.25, 0.3) is 0 Å². The van der Waals surface area contributed by atoms with Crippen LogP contribution in [0.3, 0.4) is 0 Å². The normalized spacial score (nSPS) is 16.8. The molecule has 1 amide bonds. The Hall–Kier alpha value is -1.49. The van der Waals surface area contributed by atoms with E-state index in [1.165, 1.54) is 0 Å². The lowest BCUT2D eigenvalue weighted by Crippen LogP contribution is -2.48. The van der Waals surface area contributed by atoms with Gasteiger partial charge >= 0.3 is 0 Å². The highest BCUT2D eigenvalue weighted by Gasteiger charge is 2.23. The number of piperazine rings is 1. The number of carbonyl (C=O) groups is 1. The highest BCUT2D eigenvalue weighted by atomic mass is 16.2. The molecule has 19 heavy (non-hydrogen) atoms. The van der Waals surface area contributed by atoms with E-state index in [-0.39, 0.29) is 5.91 Å². The summed E-state index contributed by atoms with van der Waals surface area (Å²) in [5.41, 5.74) is 7.22. The molecular formula is C14H24N4O.